The Balaban J connectivity index is 1.11. The van der Waals surface area contributed by atoms with E-state index in [4.69, 9.17) is 14.1 Å². The fourth-order valence-corrected chi connectivity index (χ4v) is 7.49. The molecule has 0 spiro atoms. The maximum absolute atomic E-state index is 6.18. The molecule has 0 atom stereocenters. The van der Waals surface area contributed by atoms with Crippen molar-refractivity contribution >= 4 is 58.1 Å². The van der Waals surface area contributed by atoms with E-state index >= 15 is 0 Å². The summed E-state index contributed by atoms with van der Waals surface area (Å²) in [6, 6.07) is 36.7. The van der Waals surface area contributed by atoms with Gasteiger partial charge in [-0.1, -0.05) is 0 Å². The molecule has 2 radical (unpaired) electrons. The zero-order valence-electron chi connectivity index (χ0n) is 24.6. The number of para-hydroxylation sites is 2. The molecule has 0 unspecified atom stereocenters. The molecule has 6 rings (SSSR count). The van der Waals surface area contributed by atoms with Gasteiger partial charge in [0.1, 0.15) is 0 Å². The summed E-state index contributed by atoms with van der Waals surface area (Å²) >= 11 is -3.03. The van der Waals surface area contributed by atoms with Gasteiger partial charge < -0.3 is 0 Å². The van der Waals surface area contributed by atoms with Crippen LogP contribution in [-0.2, 0) is 5.41 Å². The summed E-state index contributed by atoms with van der Waals surface area (Å²) in [5.74, 6) is 3.16. The number of rotatable bonds is 10. The van der Waals surface area contributed by atoms with E-state index in [0.29, 0.717) is 0 Å². The van der Waals surface area contributed by atoms with Crippen LogP contribution in [0.5, 0.6) is 23.0 Å². The Bertz CT molecular complexity index is 1770. The second-order valence-electron chi connectivity index (χ2n) is 10.9. The van der Waals surface area contributed by atoms with E-state index < -0.39 is 36.3 Å². The fourth-order valence-electron chi connectivity index (χ4n) is 4.97. The van der Waals surface area contributed by atoms with Crippen LogP contribution in [0.2, 0.25) is 0 Å². The van der Waals surface area contributed by atoms with Gasteiger partial charge in [0.2, 0.25) is 0 Å². The predicted molar refractivity (Wildman–Crippen MR) is 172 cm³/mol. The molecule has 6 nitrogen and oxygen atoms in total. The van der Waals surface area contributed by atoms with Gasteiger partial charge in [0, 0.05) is 0 Å². The van der Waals surface area contributed by atoms with Crippen LogP contribution < -0.4 is 14.1 Å². The first-order chi connectivity index (χ1) is 20.9. The molecule has 0 aliphatic heterocycles. The first-order valence-electron chi connectivity index (χ1n) is 14.1. The van der Waals surface area contributed by atoms with Crippen LogP contribution in [0.3, 0.4) is 0 Å². The van der Waals surface area contributed by atoms with Gasteiger partial charge in [0.25, 0.3) is 0 Å². The molecule has 8 heteroatoms. The average Bonchev–Trinajstić information content (AvgIpc) is 3.02. The molecule has 4 aromatic carbocycles. The third kappa shape index (κ3) is 6.73. The molecule has 2 heterocycles. The van der Waals surface area contributed by atoms with E-state index in [9.17, 15) is 0 Å². The van der Waals surface area contributed by atoms with Gasteiger partial charge in [-0.05, 0) is 0 Å². The van der Waals surface area contributed by atoms with E-state index in [1.54, 1.807) is 0 Å². The van der Waals surface area contributed by atoms with Gasteiger partial charge in [0.05, 0.1) is 0 Å². The number of benzene rings is 4. The minimum atomic E-state index is -1.51. The molecule has 0 N–H and O–H groups in total. The molecule has 0 aliphatic carbocycles. The van der Waals surface area contributed by atoms with E-state index in [-0.39, 0.29) is 5.41 Å². The molecule has 0 saturated heterocycles. The molecule has 2 aromatic heterocycles. The summed E-state index contributed by atoms with van der Waals surface area (Å²) in [6.45, 7) is 8.40. The number of hydrogen-bond donors (Lipinski definition) is 0. The predicted octanol–water partition coefficient (Wildman–Crippen LogP) is 7.71. The van der Waals surface area contributed by atoms with Crippen LogP contribution in [0, 0.1) is 13.8 Å². The van der Waals surface area contributed by atoms with Crippen molar-refractivity contribution in [2.45, 2.75) is 33.1 Å². The molecule has 0 aliphatic rings. The van der Waals surface area contributed by atoms with Crippen LogP contribution in [0.4, 0.5) is 0 Å². The number of aromatic nitrogens is 2. The Kier molecular flexibility index (Phi) is 8.71. The van der Waals surface area contributed by atoms with Crippen molar-refractivity contribution in [3.8, 4) is 23.0 Å². The molecule has 43 heavy (non-hydrogen) atoms. The summed E-state index contributed by atoms with van der Waals surface area (Å²) in [5, 5.41) is 2.12. The van der Waals surface area contributed by atoms with Crippen LogP contribution in [0.25, 0.3) is 21.8 Å². The van der Waals surface area contributed by atoms with Gasteiger partial charge >= 0.3 is 270 Å². The maximum atomic E-state index is 6.18. The van der Waals surface area contributed by atoms with Crippen molar-refractivity contribution in [3.05, 3.63) is 132 Å². The SMILES string of the molecule is Cc1ccc2cccc([O][Ga][O]c3cccc(C(C)(C)c4cccc([O][Ga][O]c5cccc6ccc(C)nc56)c4)c3)c2n1. The van der Waals surface area contributed by atoms with Crippen molar-refractivity contribution in [2.75, 3.05) is 0 Å². The summed E-state index contributed by atoms with van der Waals surface area (Å²) in [7, 11) is 0. The van der Waals surface area contributed by atoms with Crippen LogP contribution in [-0.4, -0.2) is 46.2 Å². The molecular formula is C35H30Ga2N2O4. The third-order valence-corrected chi connectivity index (χ3v) is 10.5. The van der Waals surface area contributed by atoms with Crippen molar-refractivity contribution in [3.63, 3.8) is 0 Å². The Labute approximate surface area is 268 Å². The molecule has 6 aromatic rings. The summed E-state index contributed by atoms with van der Waals surface area (Å²) in [6.07, 6.45) is 0. The van der Waals surface area contributed by atoms with Gasteiger partial charge in [-0.25, -0.2) is 0 Å². The standard InChI is InChI=1S/C15H16O2.2C10H9NO.2Ga/c1-15(2,11-5-3-7-13(16)9-11)12-6-4-8-14(17)10-12;2*1-7-5-6-8-3-2-4-9(12)10(8)11-7;;/h3-10,16-17H,1-2H3;2*2-6,12H,1H3;;/q;;;2*+2/p-4. The molecule has 210 valence electrons. The normalized spacial score (nSPS) is 11.3. The fraction of sp³-hybridized carbons (Fsp3) is 0.143. The molecular weight excluding hydrogens is 652 g/mol. The second-order valence-corrected chi connectivity index (χ2v) is 13.7. The topological polar surface area (TPSA) is 62.7 Å². The average molecular weight is 682 g/mol. The van der Waals surface area contributed by atoms with E-state index in [0.717, 1.165) is 67.3 Å². The second kappa shape index (κ2) is 12.8. The Morgan fingerprint density at radius 2 is 0.953 bits per heavy atom. The zero-order chi connectivity index (χ0) is 29.8. The van der Waals surface area contributed by atoms with Crippen molar-refractivity contribution in [1.82, 2.24) is 9.97 Å². The van der Waals surface area contributed by atoms with E-state index in [1.807, 2.05) is 86.6 Å². The number of pyridine rings is 2. The van der Waals surface area contributed by atoms with Crippen LogP contribution in [0.15, 0.2) is 109 Å². The van der Waals surface area contributed by atoms with E-state index in [2.05, 4.69) is 60.2 Å². The van der Waals surface area contributed by atoms with Gasteiger partial charge in [0.15, 0.2) is 0 Å². The number of nitrogens with zero attached hydrogens (tertiary/aromatic N) is 2. The number of aryl methyl sites for hydroxylation is 2. The van der Waals surface area contributed by atoms with Crippen LogP contribution >= 0.6 is 0 Å². The number of hydrogen-bond acceptors (Lipinski definition) is 6. The molecule has 0 saturated carbocycles. The Hall–Kier alpha value is -3.83. The zero-order valence-corrected chi connectivity index (χ0v) is 29.4. The summed E-state index contributed by atoms with van der Waals surface area (Å²) < 4.78 is 24.7. The van der Waals surface area contributed by atoms with Gasteiger partial charge in [-0.15, -0.1) is 0 Å². The van der Waals surface area contributed by atoms with Gasteiger partial charge in [-0.2, -0.15) is 0 Å². The van der Waals surface area contributed by atoms with Crippen molar-refractivity contribution in [1.29, 1.82) is 0 Å². The van der Waals surface area contributed by atoms with E-state index in [1.165, 1.54) is 0 Å². The quantitative estimate of drug-likeness (QED) is 0.138. The number of fused-ring (bicyclic) bond motifs is 2. The summed E-state index contributed by atoms with van der Waals surface area (Å²) in [4.78, 5) is 9.33. The first-order valence-corrected chi connectivity index (χ1v) is 18.1. The summed E-state index contributed by atoms with van der Waals surface area (Å²) in [5.41, 5.74) is 5.69. The minimum absolute atomic E-state index is 0.276. The Morgan fingerprint density at radius 1 is 0.512 bits per heavy atom. The molecule has 0 bridgehead atoms. The molecule has 0 fully saturated rings. The third-order valence-electron chi connectivity index (χ3n) is 7.47. The Morgan fingerprint density at radius 3 is 1.42 bits per heavy atom. The first kappa shape index (κ1) is 29.3. The molecule has 0 amide bonds. The van der Waals surface area contributed by atoms with Gasteiger partial charge in [-0.3, -0.25) is 0 Å². The van der Waals surface area contributed by atoms with Crippen LogP contribution in [0.1, 0.15) is 36.4 Å². The monoisotopic (exact) mass is 680 g/mol. The van der Waals surface area contributed by atoms with Crippen molar-refractivity contribution in [2.24, 2.45) is 0 Å². The van der Waals surface area contributed by atoms with Crippen molar-refractivity contribution < 1.29 is 14.1 Å².